The first-order valence-corrected chi connectivity index (χ1v) is 8.57. The summed E-state index contributed by atoms with van der Waals surface area (Å²) in [5, 5.41) is 14.7. The van der Waals surface area contributed by atoms with Gasteiger partial charge in [0.2, 0.25) is 11.8 Å². The highest BCUT2D eigenvalue weighted by Gasteiger charge is 2.34. The zero-order valence-electron chi connectivity index (χ0n) is 16.0. The molecule has 0 saturated heterocycles. The van der Waals surface area contributed by atoms with Crippen LogP contribution in [0.5, 0.6) is 0 Å². The Morgan fingerprint density at radius 2 is 1.30 bits per heavy atom. The van der Waals surface area contributed by atoms with E-state index in [1.807, 2.05) is 20.8 Å². The summed E-state index contributed by atoms with van der Waals surface area (Å²) in [7, 11) is 0. The van der Waals surface area contributed by atoms with E-state index in [1.165, 1.54) is 0 Å². The van der Waals surface area contributed by atoms with E-state index in [4.69, 9.17) is 5.11 Å². The number of carbonyl (C=O) groups is 2. The minimum atomic E-state index is -0.480. The molecule has 0 aromatic heterocycles. The van der Waals surface area contributed by atoms with Gasteiger partial charge in [0.15, 0.2) is 0 Å². The molecule has 0 bridgehead atoms. The van der Waals surface area contributed by atoms with Crippen molar-refractivity contribution in [3.05, 3.63) is 0 Å². The number of aliphatic hydroxyl groups is 1. The lowest BCUT2D eigenvalue weighted by Crippen LogP contribution is -2.45. The van der Waals surface area contributed by atoms with Crippen molar-refractivity contribution in [2.75, 3.05) is 19.7 Å². The summed E-state index contributed by atoms with van der Waals surface area (Å²) in [4.78, 5) is 23.4. The zero-order valence-corrected chi connectivity index (χ0v) is 16.0. The van der Waals surface area contributed by atoms with E-state index < -0.39 is 12.0 Å². The Kier molecular flexibility index (Phi) is 8.25. The first kappa shape index (κ1) is 21.9. The molecule has 0 fully saturated rings. The van der Waals surface area contributed by atoms with Crippen molar-refractivity contribution in [3.63, 3.8) is 0 Å². The van der Waals surface area contributed by atoms with Gasteiger partial charge in [0.05, 0.1) is 0 Å². The Morgan fingerprint density at radius 1 is 0.870 bits per heavy atom. The second kappa shape index (κ2) is 8.67. The van der Waals surface area contributed by atoms with Crippen molar-refractivity contribution in [3.8, 4) is 0 Å². The Morgan fingerprint density at radius 3 is 1.65 bits per heavy atom. The number of hydrogen-bond acceptors (Lipinski definition) is 3. The number of carbonyl (C=O) groups excluding carboxylic acids is 2. The maximum absolute atomic E-state index is 12.1. The van der Waals surface area contributed by atoms with Gasteiger partial charge in [0, 0.05) is 18.5 Å². The van der Waals surface area contributed by atoms with E-state index in [0.29, 0.717) is 13.1 Å². The minimum Gasteiger partial charge on any atom is -0.387 e. The molecule has 0 aliphatic carbocycles. The van der Waals surface area contributed by atoms with Gasteiger partial charge in [0.1, 0.15) is 6.61 Å². The van der Waals surface area contributed by atoms with Gasteiger partial charge in [-0.15, -0.1) is 0 Å². The van der Waals surface area contributed by atoms with Gasteiger partial charge >= 0.3 is 0 Å². The largest absolute Gasteiger partial charge is 0.387 e. The Labute approximate surface area is 141 Å². The highest BCUT2D eigenvalue weighted by atomic mass is 16.3. The molecule has 0 spiro atoms. The number of nitrogens with one attached hydrogen (secondary N) is 2. The lowest BCUT2D eigenvalue weighted by Gasteiger charge is -2.39. The average Bonchev–Trinajstić information content (AvgIpc) is 2.49. The summed E-state index contributed by atoms with van der Waals surface area (Å²) in [5.74, 6) is -0.284. The van der Waals surface area contributed by atoms with E-state index in [0.717, 1.165) is 19.3 Å². The molecule has 2 amide bonds. The standard InChI is InChI=1S/C18H36N2O3/c1-8-17(6,12-19-14(22)10-21)11-18(7,9-2)13-20-15(23)16(3,4)5/h21H,8-13H2,1-7H3,(H,19,22)(H,20,23). The fourth-order valence-electron chi connectivity index (χ4n) is 2.58. The van der Waals surface area contributed by atoms with Crippen molar-refractivity contribution in [2.45, 2.75) is 67.7 Å². The van der Waals surface area contributed by atoms with Crippen LogP contribution < -0.4 is 10.6 Å². The average molecular weight is 328 g/mol. The molecule has 0 rings (SSSR count). The van der Waals surface area contributed by atoms with Crippen LogP contribution in [0.15, 0.2) is 0 Å². The quantitative estimate of drug-likeness (QED) is 0.608. The van der Waals surface area contributed by atoms with Gasteiger partial charge in [0.25, 0.3) is 0 Å². The third-order valence-corrected chi connectivity index (χ3v) is 4.77. The summed E-state index contributed by atoms with van der Waals surface area (Å²) in [6, 6.07) is 0. The molecule has 2 atom stereocenters. The predicted octanol–water partition coefficient (Wildman–Crippen LogP) is 2.48. The number of amides is 2. The SMILES string of the molecule is CCC(C)(CNC(=O)CO)CC(C)(CC)CNC(=O)C(C)(C)C. The van der Waals surface area contributed by atoms with Crippen LogP contribution in [0.3, 0.4) is 0 Å². The molecule has 2 unspecified atom stereocenters. The van der Waals surface area contributed by atoms with Crippen LogP contribution in [-0.2, 0) is 9.59 Å². The summed E-state index contributed by atoms with van der Waals surface area (Å²) >= 11 is 0. The monoisotopic (exact) mass is 328 g/mol. The Balaban J connectivity index is 4.84. The molecule has 5 nitrogen and oxygen atoms in total. The molecule has 0 aliphatic rings. The first-order chi connectivity index (χ1) is 10.4. The molecule has 136 valence electrons. The van der Waals surface area contributed by atoms with Gasteiger partial charge < -0.3 is 15.7 Å². The predicted molar refractivity (Wildman–Crippen MR) is 94.0 cm³/mol. The molecule has 0 aromatic rings. The molecule has 23 heavy (non-hydrogen) atoms. The highest BCUT2D eigenvalue weighted by Crippen LogP contribution is 2.38. The van der Waals surface area contributed by atoms with Crippen molar-refractivity contribution < 1.29 is 14.7 Å². The smallest absolute Gasteiger partial charge is 0.245 e. The molecular weight excluding hydrogens is 292 g/mol. The molecule has 0 radical (unpaired) electrons. The second-order valence-electron chi connectivity index (χ2n) is 8.37. The van der Waals surface area contributed by atoms with Crippen LogP contribution >= 0.6 is 0 Å². The maximum Gasteiger partial charge on any atom is 0.245 e. The van der Waals surface area contributed by atoms with Crippen molar-refractivity contribution in [1.29, 1.82) is 0 Å². The zero-order chi connectivity index (χ0) is 18.3. The topological polar surface area (TPSA) is 78.4 Å². The molecule has 0 heterocycles. The van der Waals surface area contributed by atoms with Crippen molar-refractivity contribution in [2.24, 2.45) is 16.2 Å². The Bertz CT molecular complexity index is 404. The van der Waals surface area contributed by atoms with E-state index in [9.17, 15) is 9.59 Å². The van der Waals surface area contributed by atoms with Crippen LogP contribution in [0.2, 0.25) is 0 Å². The fourth-order valence-corrected chi connectivity index (χ4v) is 2.58. The molecule has 0 aromatic carbocycles. The molecule has 0 aliphatic heterocycles. The van der Waals surface area contributed by atoms with E-state index >= 15 is 0 Å². The summed E-state index contributed by atoms with van der Waals surface area (Å²) < 4.78 is 0. The molecule has 3 N–H and O–H groups in total. The summed E-state index contributed by atoms with van der Waals surface area (Å²) in [6.07, 6.45) is 2.76. The van der Waals surface area contributed by atoms with Gasteiger partial charge in [-0.1, -0.05) is 48.5 Å². The van der Waals surface area contributed by atoms with Gasteiger partial charge in [-0.05, 0) is 30.1 Å². The van der Waals surface area contributed by atoms with Gasteiger partial charge in [-0.2, -0.15) is 0 Å². The molecule has 0 saturated carbocycles. The maximum atomic E-state index is 12.1. The molecular formula is C18H36N2O3. The van der Waals surface area contributed by atoms with E-state index in [1.54, 1.807) is 0 Å². The third-order valence-electron chi connectivity index (χ3n) is 4.77. The van der Waals surface area contributed by atoms with Crippen LogP contribution in [0.1, 0.15) is 67.7 Å². The summed E-state index contributed by atoms with van der Waals surface area (Å²) in [5.41, 5.74) is -0.491. The Hall–Kier alpha value is -1.10. The van der Waals surface area contributed by atoms with Crippen LogP contribution in [0.25, 0.3) is 0 Å². The number of aliphatic hydroxyl groups excluding tert-OH is 1. The van der Waals surface area contributed by atoms with Gasteiger partial charge in [-0.25, -0.2) is 0 Å². The van der Waals surface area contributed by atoms with Crippen LogP contribution in [-0.4, -0.2) is 36.6 Å². The van der Waals surface area contributed by atoms with E-state index in [2.05, 4.69) is 38.3 Å². The molecule has 5 heteroatoms. The van der Waals surface area contributed by atoms with Gasteiger partial charge in [-0.3, -0.25) is 9.59 Å². The van der Waals surface area contributed by atoms with Crippen LogP contribution in [0, 0.1) is 16.2 Å². The summed E-state index contributed by atoms with van der Waals surface area (Å²) in [6.45, 7) is 15.0. The lowest BCUT2D eigenvalue weighted by molar-refractivity contribution is -0.129. The van der Waals surface area contributed by atoms with Crippen molar-refractivity contribution in [1.82, 2.24) is 10.6 Å². The highest BCUT2D eigenvalue weighted by molar-refractivity contribution is 5.81. The van der Waals surface area contributed by atoms with Crippen LogP contribution in [0.4, 0.5) is 0 Å². The minimum absolute atomic E-state index is 0.0321. The third kappa shape index (κ3) is 7.82. The van der Waals surface area contributed by atoms with E-state index in [-0.39, 0.29) is 22.6 Å². The first-order valence-electron chi connectivity index (χ1n) is 8.57. The fraction of sp³-hybridized carbons (Fsp3) is 0.889. The number of hydrogen-bond donors (Lipinski definition) is 3. The van der Waals surface area contributed by atoms with Crippen molar-refractivity contribution >= 4 is 11.8 Å². The number of rotatable bonds is 9. The normalized spacial score (nSPS) is 17.0. The lowest BCUT2D eigenvalue weighted by atomic mass is 9.70. The second-order valence-corrected chi connectivity index (χ2v) is 8.37.